The molecule has 0 saturated carbocycles. The molecule has 0 fully saturated rings. The second-order valence-electron chi connectivity index (χ2n) is 5.07. The van der Waals surface area contributed by atoms with Crippen molar-refractivity contribution in [1.29, 1.82) is 0 Å². The van der Waals surface area contributed by atoms with E-state index in [4.69, 9.17) is 9.47 Å². The van der Waals surface area contributed by atoms with Crippen molar-refractivity contribution in [2.24, 2.45) is 5.92 Å². The largest absolute Gasteiger partial charge is 0.466 e. The summed E-state index contributed by atoms with van der Waals surface area (Å²) in [6, 6.07) is -0.598. The summed E-state index contributed by atoms with van der Waals surface area (Å²) >= 11 is 0. The Morgan fingerprint density at radius 1 is 1.14 bits per heavy atom. The van der Waals surface area contributed by atoms with Gasteiger partial charge in [0.25, 0.3) is 0 Å². The van der Waals surface area contributed by atoms with Gasteiger partial charge < -0.3 is 14.8 Å². The van der Waals surface area contributed by atoms with E-state index in [0.717, 1.165) is 5.57 Å². The summed E-state index contributed by atoms with van der Waals surface area (Å²) in [6.07, 6.45) is 3.22. The zero-order chi connectivity index (χ0) is 16.9. The minimum Gasteiger partial charge on any atom is -0.466 e. The molecule has 1 N–H and O–H groups in total. The number of hydrogen-bond donors (Lipinski definition) is 1. The number of carbonyl (C=O) groups is 3. The molecule has 2 atom stereocenters. The number of carbonyl (C=O) groups excluding carboxylic acids is 3. The van der Waals surface area contributed by atoms with Gasteiger partial charge in [-0.15, -0.1) is 0 Å². The Kier molecular flexibility index (Phi) is 6.34. The minimum atomic E-state index is -0.628. The summed E-state index contributed by atoms with van der Waals surface area (Å²) in [7, 11) is 2.51. The molecule has 0 unspecified atom stereocenters. The van der Waals surface area contributed by atoms with Gasteiger partial charge in [0, 0.05) is 12.8 Å². The third kappa shape index (κ3) is 3.55. The quantitative estimate of drug-likeness (QED) is 0.779. The summed E-state index contributed by atoms with van der Waals surface area (Å²) in [5.41, 5.74) is 1.09. The second kappa shape index (κ2) is 7.77. The summed E-state index contributed by atoms with van der Waals surface area (Å²) < 4.78 is 9.64. The van der Waals surface area contributed by atoms with Crippen molar-refractivity contribution in [2.45, 2.75) is 39.7 Å². The molecule has 0 aromatic carbocycles. The number of ether oxygens (including phenoxy) is 2. The van der Waals surface area contributed by atoms with E-state index >= 15 is 0 Å². The maximum absolute atomic E-state index is 12.2. The molecule has 6 nitrogen and oxygen atoms in total. The molecule has 0 aromatic rings. The molecule has 0 heterocycles. The molecule has 0 aliphatic heterocycles. The van der Waals surface area contributed by atoms with E-state index in [-0.39, 0.29) is 23.0 Å². The van der Waals surface area contributed by atoms with Gasteiger partial charge in [-0.1, -0.05) is 19.9 Å². The number of nitrogens with one attached hydrogen (secondary N) is 1. The topological polar surface area (TPSA) is 81.7 Å². The maximum Gasteiger partial charge on any atom is 0.338 e. The van der Waals surface area contributed by atoms with Crippen LogP contribution >= 0.6 is 0 Å². The fourth-order valence-electron chi connectivity index (χ4n) is 2.71. The van der Waals surface area contributed by atoms with Crippen molar-refractivity contribution < 1.29 is 23.9 Å². The number of methoxy groups -OCH3 is 2. The first kappa shape index (κ1) is 17.9. The van der Waals surface area contributed by atoms with Crippen LogP contribution in [0.3, 0.4) is 0 Å². The van der Waals surface area contributed by atoms with Gasteiger partial charge in [0.15, 0.2) is 0 Å². The molecule has 0 bridgehead atoms. The summed E-state index contributed by atoms with van der Waals surface area (Å²) in [6.45, 7) is 5.23. The lowest BCUT2D eigenvalue weighted by Gasteiger charge is -2.32. The monoisotopic (exact) mass is 309 g/mol. The molecular formula is C16H23NO5. The highest BCUT2D eigenvalue weighted by molar-refractivity contribution is 6.05. The van der Waals surface area contributed by atoms with Crippen LogP contribution in [0.1, 0.15) is 33.6 Å². The molecule has 1 rings (SSSR count). The van der Waals surface area contributed by atoms with Crippen LogP contribution in [0.15, 0.2) is 22.8 Å². The van der Waals surface area contributed by atoms with Gasteiger partial charge in [0.05, 0.1) is 31.4 Å². The van der Waals surface area contributed by atoms with Gasteiger partial charge in [-0.05, 0) is 18.4 Å². The van der Waals surface area contributed by atoms with Crippen LogP contribution in [0.25, 0.3) is 0 Å². The van der Waals surface area contributed by atoms with E-state index < -0.39 is 18.0 Å². The maximum atomic E-state index is 12.2. The van der Waals surface area contributed by atoms with Crippen molar-refractivity contribution in [1.82, 2.24) is 5.32 Å². The van der Waals surface area contributed by atoms with Crippen LogP contribution in [-0.2, 0) is 23.9 Å². The summed E-state index contributed by atoms with van der Waals surface area (Å²) in [5, 5.41) is 2.75. The SMILES string of the molecule is CCC1=C[C@@H](CC)[C@@H](NC(C)=O)C(C(=O)OC)=C1C(=O)OC. The first-order chi connectivity index (χ1) is 10.4. The average molecular weight is 309 g/mol. The Balaban J connectivity index is 3.55. The molecule has 1 aliphatic carbocycles. The third-order valence-corrected chi connectivity index (χ3v) is 3.75. The molecule has 0 spiro atoms. The average Bonchev–Trinajstić information content (AvgIpc) is 2.51. The van der Waals surface area contributed by atoms with Crippen molar-refractivity contribution in [2.75, 3.05) is 14.2 Å². The highest BCUT2D eigenvalue weighted by Crippen LogP contribution is 2.34. The molecular weight excluding hydrogens is 286 g/mol. The highest BCUT2D eigenvalue weighted by Gasteiger charge is 2.38. The van der Waals surface area contributed by atoms with Crippen LogP contribution in [0.4, 0.5) is 0 Å². The lowest BCUT2D eigenvalue weighted by Crippen LogP contribution is -2.45. The van der Waals surface area contributed by atoms with Gasteiger partial charge >= 0.3 is 11.9 Å². The van der Waals surface area contributed by atoms with Gasteiger partial charge in [-0.25, -0.2) is 9.59 Å². The molecule has 0 radical (unpaired) electrons. The third-order valence-electron chi connectivity index (χ3n) is 3.75. The number of esters is 2. The van der Waals surface area contributed by atoms with Crippen molar-refractivity contribution in [3.63, 3.8) is 0 Å². The normalized spacial score (nSPS) is 21.0. The van der Waals surface area contributed by atoms with E-state index in [9.17, 15) is 14.4 Å². The Bertz CT molecular complexity index is 533. The number of hydrogen-bond acceptors (Lipinski definition) is 5. The van der Waals surface area contributed by atoms with Gasteiger partial charge in [0.2, 0.25) is 5.91 Å². The van der Waals surface area contributed by atoms with E-state index in [1.807, 2.05) is 19.9 Å². The van der Waals surface area contributed by atoms with Gasteiger partial charge in [-0.2, -0.15) is 0 Å². The van der Waals surface area contributed by atoms with Crippen LogP contribution in [-0.4, -0.2) is 38.1 Å². The zero-order valence-corrected chi connectivity index (χ0v) is 13.7. The fraction of sp³-hybridized carbons (Fsp3) is 0.562. The number of rotatable bonds is 5. The van der Waals surface area contributed by atoms with E-state index in [2.05, 4.69) is 5.32 Å². The number of amides is 1. The standard InChI is InChI=1S/C16H23NO5/c1-6-10-8-11(7-2)14(17-9(3)18)13(16(20)22-5)12(10)15(19)21-4/h8,11,14H,6-7H2,1-5H3,(H,17,18)/t11-,14-/m1/s1. The molecule has 1 amide bonds. The lowest BCUT2D eigenvalue weighted by atomic mass is 9.78. The zero-order valence-electron chi connectivity index (χ0n) is 13.7. The summed E-state index contributed by atoms with van der Waals surface area (Å²) in [5.74, 6) is -1.58. The molecule has 0 aromatic heterocycles. The smallest absolute Gasteiger partial charge is 0.338 e. The highest BCUT2D eigenvalue weighted by atomic mass is 16.5. The van der Waals surface area contributed by atoms with Gasteiger partial charge in [-0.3, -0.25) is 4.79 Å². The van der Waals surface area contributed by atoms with E-state index in [0.29, 0.717) is 12.8 Å². The van der Waals surface area contributed by atoms with Gasteiger partial charge in [0.1, 0.15) is 0 Å². The molecule has 1 aliphatic rings. The minimum absolute atomic E-state index is 0.0821. The Labute approximate surface area is 130 Å². The Hall–Kier alpha value is -2.11. The van der Waals surface area contributed by atoms with Crippen LogP contribution in [0.5, 0.6) is 0 Å². The Morgan fingerprint density at radius 3 is 2.14 bits per heavy atom. The predicted molar refractivity (Wildman–Crippen MR) is 80.8 cm³/mol. The van der Waals surface area contributed by atoms with Crippen LogP contribution in [0, 0.1) is 5.92 Å². The van der Waals surface area contributed by atoms with Crippen LogP contribution < -0.4 is 5.32 Å². The lowest BCUT2D eigenvalue weighted by molar-refractivity contribution is -0.139. The van der Waals surface area contributed by atoms with Crippen molar-refractivity contribution >= 4 is 17.8 Å². The predicted octanol–water partition coefficient (Wildman–Crippen LogP) is 1.51. The molecule has 0 saturated heterocycles. The Morgan fingerprint density at radius 2 is 1.73 bits per heavy atom. The molecule has 22 heavy (non-hydrogen) atoms. The first-order valence-electron chi connectivity index (χ1n) is 7.30. The molecule has 6 heteroatoms. The summed E-state index contributed by atoms with van der Waals surface area (Å²) in [4.78, 5) is 35.9. The van der Waals surface area contributed by atoms with Crippen molar-refractivity contribution in [3.05, 3.63) is 22.8 Å². The van der Waals surface area contributed by atoms with E-state index in [1.54, 1.807) is 0 Å². The van der Waals surface area contributed by atoms with E-state index in [1.165, 1.54) is 21.1 Å². The fourth-order valence-corrected chi connectivity index (χ4v) is 2.71. The molecule has 122 valence electrons. The first-order valence-corrected chi connectivity index (χ1v) is 7.30. The van der Waals surface area contributed by atoms with Crippen LogP contribution in [0.2, 0.25) is 0 Å². The van der Waals surface area contributed by atoms with Crippen molar-refractivity contribution in [3.8, 4) is 0 Å². The second-order valence-corrected chi connectivity index (χ2v) is 5.07.